The molecule has 3 heteroatoms. The second kappa shape index (κ2) is 6.66. The largest absolute Gasteiger partial charge is 0.256 e. The SMILES string of the molecule is CSc1ccc(C=Nc2ccc(SC)cc2)cc1. The first kappa shape index (κ1) is 13.2. The van der Waals surface area contributed by atoms with Crippen LogP contribution in [0.3, 0.4) is 0 Å². The van der Waals surface area contributed by atoms with Crippen LogP contribution in [0.5, 0.6) is 0 Å². The van der Waals surface area contributed by atoms with E-state index in [-0.39, 0.29) is 0 Å². The van der Waals surface area contributed by atoms with Crippen LogP contribution in [0.1, 0.15) is 5.56 Å². The van der Waals surface area contributed by atoms with E-state index in [1.165, 1.54) is 9.79 Å². The minimum Gasteiger partial charge on any atom is -0.256 e. The highest BCUT2D eigenvalue weighted by molar-refractivity contribution is 7.98. The molecule has 0 radical (unpaired) electrons. The predicted molar refractivity (Wildman–Crippen MR) is 83.7 cm³/mol. The lowest BCUT2D eigenvalue weighted by Gasteiger charge is -1.98. The summed E-state index contributed by atoms with van der Waals surface area (Å²) in [4.78, 5) is 7.00. The number of nitrogens with zero attached hydrogens (tertiary/aromatic N) is 1. The zero-order valence-electron chi connectivity index (χ0n) is 10.5. The third-order valence-corrected chi connectivity index (χ3v) is 4.04. The van der Waals surface area contributed by atoms with Crippen molar-refractivity contribution >= 4 is 35.4 Å². The van der Waals surface area contributed by atoms with Gasteiger partial charge in [-0.1, -0.05) is 12.1 Å². The Labute approximate surface area is 117 Å². The molecule has 0 fully saturated rings. The van der Waals surface area contributed by atoms with E-state index in [2.05, 4.69) is 53.9 Å². The van der Waals surface area contributed by atoms with Gasteiger partial charge in [0.25, 0.3) is 0 Å². The summed E-state index contributed by atoms with van der Waals surface area (Å²) in [5.74, 6) is 0. The number of hydrogen-bond acceptors (Lipinski definition) is 3. The molecular weight excluding hydrogens is 258 g/mol. The quantitative estimate of drug-likeness (QED) is 0.581. The summed E-state index contributed by atoms with van der Waals surface area (Å²) >= 11 is 3.49. The molecule has 2 aromatic rings. The first-order chi connectivity index (χ1) is 8.81. The van der Waals surface area contributed by atoms with Gasteiger partial charge in [-0.05, 0) is 54.5 Å². The van der Waals surface area contributed by atoms with Crippen molar-refractivity contribution in [2.75, 3.05) is 12.5 Å². The number of rotatable bonds is 4. The van der Waals surface area contributed by atoms with Crippen LogP contribution in [0.25, 0.3) is 0 Å². The van der Waals surface area contributed by atoms with Gasteiger partial charge < -0.3 is 0 Å². The summed E-state index contributed by atoms with van der Waals surface area (Å²) in [6, 6.07) is 16.7. The van der Waals surface area contributed by atoms with Crippen molar-refractivity contribution in [3.05, 3.63) is 54.1 Å². The molecule has 0 aliphatic rings. The lowest BCUT2D eigenvalue weighted by molar-refractivity contribution is 1.42. The molecule has 0 saturated heterocycles. The highest BCUT2D eigenvalue weighted by Crippen LogP contribution is 2.19. The van der Waals surface area contributed by atoms with Crippen molar-refractivity contribution in [1.82, 2.24) is 0 Å². The monoisotopic (exact) mass is 273 g/mol. The molecule has 2 rings (SSSR count). The van der Waals surface area contributed by atoms with E-state index in [0.29, 0.717) is 0 Å². The van der Waals surface area contributed by atoms with Crippen LogP contribution in [0.15, 0.2) is 63.3 Å². The Morgan fingerprint density at radius 2 is 1.28 bits per heavy atom. The molecule has 0 aliphatic carbocycles. The van der Waals surface area contributed by atoms with Gasteiger partial charge in [0, 0.05) is 16.0 Å². The Kier molecular flexibility index (Phi) is 4.90. The van der Waals surface area contributed by atoms with Gasteiger partial charge in [0.15, 0.2) is 0 Å². The van der Waals surface area contributed by atoms with Gasteiger partial charge in [-0.2, -0.15) is 0 Å². The third-order valence-electron chi connectivity index (χ3n) is 2.55. The van der Waals surface area contributed by atoms with Crippen LogP contribution >= 0.6 is 23.5 Å². The smallest absolute Gasteiger partial charge is 0.0630 e. The van der Waals surface area contributed by atoms with Crippen LogP contribution in [-0.2, 0) is 0 Å². The van der Waals surface area contributed by atoms with E-state index in [9.17, 15) is 0 Å². The maximum absolute atomic E-state index is 4.47. The van der Waals surface area contributed by atoms with Gasteiger partial charge in [0.1, 0.15) is 0 Å². The average molecular weight is 273 g/mol. The number of aliphatic imine (C=N–C) groups is 1. The first-order valence-corrected chi connectivity index (χ1v) is 8.09. The van der Waals surface area contributed by atoms with Gasteiger partial charge in [-0.25, -0.2) is 0 Å². The molecule has 0 atom stereocenters. The van der Waals surface area contributed by atoms with E-state index in [1.54, 1.807) is 23.5 Å². The summed E-state index contributed by atoms with van der Waals surface area (Å²) < 4.78 is 0. The summed E-state index contributed by atoms with van der Waals surface area (Å²) in [7, 11) is 0. The normalized spacial score (nSPS) is 11.0. The molecule has 92 valence electrons. The number of hydrogen-bond donors (Lipinski definition) is 0. The van der Waals surface area contributed by atoms with Crippen LogP contribution in [0, 0.1) is 0 Å². The molecule has 0 aromatic heterocycles. The van der Waals surface area contributed by atoms with Gasteiger partial charge in [-0.15, -0.1) is 23.5 Å². The Bertz CT molecular complexity index is 466. The second-order valence-corrected chi connectivity index (χ2v) is 5.49. The van der Waals surface area contributed by atoms with Crippen molar-refractivity contribution in [2.45, 2.75) is 9.79 Å². The molecule has 0 heterocycles. The fraction of sp³-hybridized carbons (Fsp3) is 0.133. The number of thioether (sulfide) groups is 2. The molecule has 0 amide bonds. The molecule has 0 saturated carbocycles. The standard InChI is InChI=1S/C15H15NS2/c1-17-14-7-3-12(4-8-14)11-16-13-5-9-15(18-2)10-6-13/h3-11H,1-2H3. The average Bonchev–Trinajstić information content (AvgIpc) is 2.46. The van der Waals surface area contributed by atoms with E-state index < -0.39 is 0 Å². The first-order valence-electron chi connectivity index (χ1n) is 5.64. The Balaban J connectivity index is 2.08. The molecule has 0 spiro atoms. The van der Waals surface area contributed by atoms with Crippen LogP contribution in [-0.4, -0.2) is 18.7 Å². The molecule has 0 unspecified atom stereocenters. The molecule has 0 N–H and O–H groups in total. The topological polar surface area (TPSA) is 12.4 Å². The van der Waals surface area contributed by atoms with Crippen LogP contribution < -0.4 is 0 Å². The van der Waals surface area contributed by atoms with Crippen molar-refractivity contribution in [1.29, 1.82) is 0 Å². The van der Waals surface area contributed by atoms with E-state index in [0.717, 1.165) is 11.3 Å². The molecular formula is C15H15NS2. The highest BCUT2D eigenvalue weighted by atomic mass is 32.2. The van der Waals surface area contributed by atoms with Crippen LogP contribution in [0.2, 0.25) is 0 Å². The third kappa shape index (κ3) is 3.65. The molecule has 0 bridgehead atoms. The summed E-state index contributed by atoms with van der Waals surface area (Å²) in [5, 5.41) is 0. The number of benzene rings is 2. The fourth-order valence-electron chi connectivity index (χ4n) is 1.51. The Morgan fingerprint density at radius 3 is 1.78 bits per heavy atom. The van der Waals surface area contributed by atoms with Crippen molar-refractivity contribution in [3.63, 3.8) is 0 Å². The minimum atomic E-state index is 0.988. The maximum Gasteiger partial charge on any atom is 0.0630 e. The van der Waals surface area contributed by atoms with Gasteiger partial charge in [0.05, 0.1) is 5.69 Å². The minimum absolute atomic E-state index is 0.988. The summed E-state index contributed by atoms with van der Waals surface area (Å²) in [6.45, 7) is 0. The van der Waals surface area contributed by atoms with Crippen molar-refractivity contribution < 1.29 is 0 Å². The van der Waals surface area contributed by atoms with Gasteiger partial charge in [0.2, 0.25) is 0 Å². The molecule has 18 heavy (non-hydrogen) atoms. The lowest BCUT2D eigenvalue weighted by Crippen LogP contribution is -1.80. The second-order valence-electron chi connectivity index (χ2n) is 3.73. The van der Waals surface area contributed by atoms with Crippen molar-refractivity contribution in [3.8, 4) is 0 Å². The Hall–Kier alpha value is -1.19. The van der Waals surface area contributed by atoms with Gasteiger partial charge in [-0.3, -0.25) is 4.99 Å². The van der Waals surface area contributed by atoms with Crippen molar-refractivity contribution in [2.24, 2.45) is 4.99 Å². The van der Waals surface area contributed by atoms with Crippen LogP contribution in [0.4, 0.5) is 5.69 Å². The zero-order chi connectivity index (χ0) is 12.8. The molecule has 0 aliphatic heterocycles. The summed E-state index contributed by atoms with van der Waals surface area (Å²) in [5.41, 5.74) is 2.11. The predicted octanol–water partition coefficient (Wildman–Crippen LogP) is 4.88. The van der Waals surface area contributed by atoms with E-state index in [4.69, 9.17) is 0 Å². The summed E-state index contributed by atoms with van der Waals surface area (Å²) in [6.07, 6.45) is 6.06. The van der Waals surface area contributed by atoms with E-state index in [1.807, 2.05) is 18.3 Å². The molecule has 1 nitrogen and oxygen atoms in total. The lowest BCUT2D eigenvalue weighted by atomic mass is 10.2. The fourth-order valence-corrected chi connectivity index (χ4v) is 2.32. The van der Waals surface area contributed by atoms with E-state index >= 15 is 0 Å². The highest BCUT2D eigenvalue weighted by Gasteiger charge is 1.92. The molecule has 2 aromatic carbocycles. The maximum atomic E-state index is 4.47. The Morgan fingerprint density at radius 1 is 0.778 bits per heavy atom. The van der Waals surface area contributed by atoms with Gasteiger partial charge >= 0.3 is 0 Å². The zero-order valence-corrected chi connectivity index (χ0v) is 12.1.